The molecule has 0 unspecified atom stereocenters. The fourth-order valence-electron chi connectivity index (χ4n) is 3.29. The molecular formula is C22H26N10O2S. The van der Waals surface area contributed by atoms with Crippen LogP contribution in [0.25, 0.3) is 0 Å². The summed E-state index contributed by atoms with van der Waals surface area (Å²) >= 11 is 1.19. The van der Waals surface area contributed by atoms with Crippen LogP contribution in [0.2, 0.25) is 0 Å². The Labute approximate surface area is 206 Å². The van der Waals surface area contributed by atoms with Gasteiger partial charge in [-0.15, -0.1) is 0 Å². The van der Waals surface area contributed by atoms with Crippen molar-refractivity contribution in [1.29, 1.82) is 5.41 Å². The molecule has 0 aliphatic carbocycles. The molecule has 1 aliphatic heterocycles. The molecule has 182 valence electrons. The van der Waals surface area contributed by atoms with Gasteiger partial charge < -0.3 is 31.3 Å². The molecule has 1 amide bonds. The summed E-state index contributed by atoms with van der Waals surface area (Å²) in [7, 11) is 2.08. The van der Waals surface area contributed by atoms with Gasteiger partial charge in [-0.2, -0.15) is 0 Å². The zero-order chi connectivity index (χ0) is 24.8. The van der Waals surface area contributed by atoms with E-state index in [2.05, 4.69) is 42.1 Å². The van der Waals surface area contributed by atoms with Crippen molar-refractivity contribution in [3.05, 3.63) is 48.3 Å². The first-order chi connectivity index (χ1) is 16.9. The van der Waals surface area contributed by atoms with E-state index in [0.717, 1.165) is 26.2 Å². The van der Waals surface area contributed by atoms with Crippen LogP contribution < -0.4 is 26.4 Å². The van der Waals surface area contributed by atoms with Gasteiger partial charge in [-0.05, 0) is 37.0 Å². The zero-order valence-electron chi connectivity index (χ0n) is 19.1. The minimum atomic E-state index is -0.348. The van der Waals surface area contributed by atoms with Crippen LogP contribution in [0.3, 0.4) is 0 Å². The Hall–Kier alpha value is -3.81. The molecule has 2 aromatic heterocycles. The van der Waals surface area contributed by atoms with Crippen molar-refractivity contribution >= 4 is 35.1 Å². The van der Waals surface area contributed by atoms with Gasteiger partial charge in [-0.1, -0.05) is 12.1 Å². The molecule has 35 heavy (non-hydrogen) atoms. The molecule has 0 saturated carbocycles. The number of nitrogens with two attached hydrogens (primary N) is 2. The number of nitrogen functional groups attached to an aromatic ring is 1. The van der Waals surface area contributed by atoms with Crippen LogP contribution in [0, 0.1) is 5.41 Å². The van der Waals surface area contributed by atoms with Crippen molar-refractivity contribution in [3.8, 4) is 11.6 Å². The summed E-state index contributed by atoms with van der Waals surface area (Å²) in [5, 5.41) is 11.2. The molecule has 1 aromatic carbocycles. The topological polar surface area (TPSA) is 172 Å². The number of piperazine rings is 1. The van der Waals surface area contributed by atoms with Gasteiger partial charge in [0.05, 0.1) is 12.7 Å². The molecule has 1 saturated heterocycles. The zero-order valence-corrected chi connectivity index (χ0v) is 20.0. The van der Waals surface area contributed by atoms with E-state index >= 15 is 0 Å². The maximum absolute atomic E-state index is 11.6. The summed E-state index contributed by atoms with van der Waals surface area (Å²) in [6.07, 6.45) is 3.18. The number of amidine groups is 1. The Kier molecular flexibility index (Phi) is 7.70. The molecule has 3 aromatic rings. The maximum Gasteiger partial charge on any atom is 0.264 e. The number of hydrogen-bond acceptors (Lipinski definition) is 11. The highest BCUT2D eigenvalue weighted by molar-refractivity contribution is 7.99. The lowest BCUT2D eigenvalue weighted by Gasteiger charge is -2.33. The molecule has 13 heteroatoms. The van der Waals surface area contributed by atoms with E-state index in [1.807, 2.05) is 0 Å². The van der Waals surface area contributed by atoms with E-state index in [1.54, 1.807) is 36.5 Å². The first-order valence-electron chi connectivity index (χ1n) is 10.8. The van der Waals surface area contributed by atoms with Crippen molar-refractivity contribution in [2.75, 3.05) is 50.0 Å². The Balaban J connectivity index is 1.62. The molecule has 1 fully saturated rings. The predicted octanol–water partition coefficient (Wildman–Crippen LogP) is 1.14. The summed E-state index contributed by atoms with van der Waals surface area (Å²) in [4.78, 5) is 33.9. The van der Waals surface area contributed by atoms with Crippen molar-refractivity contribution in [2.24, 2.45) is 11.5 Å². The molecule has 0 radical (unpaired) electrons. The van der Waals surface area contributed by atoms with Gasteiger partial charge in [-0.3, -0.25) is 10.2 Å². The van der Waals surface area contributed by atoms with Crippen LogP contribution in [0.5, 0.6) is 11.6 Å². The number of amides is 1. The van der Waals surface area contributed by atoms with Gasteiger partial charge in [0.25, 0.3) is 5.88 Å². The van der Waals surface area contributed by atoms with E-state index < -0.39 is 0 Å². The first kappa shape index (κ1) is 24.3. The van der Waals surface area contributed by atoms with Crippen molar-refractivity contribution in [2.45, 2.75) is 10.2 Å². The summed E-state index contributed by atoms with van der Waals surface area (Å²) in [5.74, 6) is 1.39. The van der Waals surface area contributed by atoms with E-state index in [1.165, 1.54) is 18.0 Å². The molecule has 0 atom stereocenters. The number of hydrogen-bond donors (Lipinski definition) is 4. The summed E-state index contributed by atoms with van der Waals surface area (Å²) in [5.41, 5.74) is 11.5. The highest BCUT2D eigenvalue weighted by Crippen LogP contribution is 2.33. The molecule has 3 heterocycles. The Morgan fingerprint density at radius 2 is 2.00 bits per heavy atom. The van der Waals surface area contributed by atoms with Crippen LogP contribution >= 0.6 is 11.8 Å². The molecule has 0 bridgehead atoms. The highest BCUT2D eigenvalue weighted by atomic mass is 32.2. The first-order valence-corrected chi connectivity index (χ1v) is 11.7. The van der Waals surface area contributed by atoms with E-state index in [-0.39, 0.29) is 18.3 Å². The second-order valence-electron chi connectivity index (χ2n) is 7.75. The summed E-state index contributed by atoms with van der Waals surface area (Å²) < 4.78 is 6.14. The maximum atomic E-state index is 11.6. The van der Waals surface area contributed by atoms with Crippen LogP contribution in [-0.4, -0.2) is 76.4 Å². The molecule has 12 nitrogen and oxygen atoms in total. The third-order valence-corrected chi connectivity index (χ3v) is 5.93. The minimum Gasteiger partial charge on any atom is -0.436 e. The fourth-order valence-corrected chi connectivity index (χ4v) is 3.97. The van der Waals surface area contributed by atoms with E-state index in [0.29, 0.717) is 39.0 Å². The van der Waals surface area contributed by atoms with Gasteiger partial charge in [0.1, 0.15) is 22.4 Å². The normalized spacial score (nSPS) is 13.9. The van der Waals surface area contributed by atoms with Gasteiger partial charge in [-0.25, -0.2) is 19.9 Å². The second-order valence-corrected chi connectivity index (χ2v) is 8.74. The number of carbonyl (C=O) groups excluding carboxylic acids is 1. The fraction of sp³-hybridized carbons (Fsp3) is 0.273. The largest absolute Gasteiger partial charge is 0.436 e. The summed E-state index contributed by atoms with van der Waals surface area (Å²) in [6.45, 7) is 3.22. The number of nitrogens with zero attached hydrogens (tertiary/aromatic N) is 6. The van der Waals surface area contributed by atoms with E-state index in [9.17, 15) is 4.79 Å². The number of carbonyl (C=O) groups is 1. The van der Waals surface area contributed by atoms with Crippen LogP contribution in [-0.2, 0) is 4.79 Å². The van der Waals surface area contributed by atoms with Crippen molar-refractivity contribution < 1.29 is 9.53 Å². The standard InChI is InChI=1S/C22H26N10O2S/c1-31-7-9-32(10-8-31)20-21(34-15-4-2-3-14(11-15)19(24)25)30-18(13-27-20)35-22-26-6-5-16(29-22)28-17(33)12-23/h2-6,11,13H,7-10,12,23H2,1H3,(H3,24,25)(H,26,28,29,33). The number of rotatable bonds is 8. The number of aromatic nitrogens is 4. The van der Waals surface area contributed by atoms with Crippen LogP contribution in [0.1, 0.15) is 5.56 Å². The molecule has 1 aliphatic rings. The number of ether oxygens (including phenoxy) is 1. The average molecular weight is 495 g/mol. The van der Waals surface area contributed by atoms with E-state index in [4.69, 9.17) is 21.6 Å². The lowest BCUT2D eigenvalue weighted by molar-refractivity contribution is -0.114. The third kappa shape index (κ3) is 6.41. The Morgan fingerprint density at radius 1 is 1.20 bits per heavy atom. The third-order valence-electron chi connectivity index (χ3n) is 5.14. The molecule has 0 spiro atoms. The highest BCUT2D eigenvalue weighted by Gasteiger charge is 2.22. The number of nitrogens with one attached hydrogen (secondary N) is 2. The molecule has 6 N–H and O–H groups in total. The number of anilines is 2. The monoisotopic (exact) mass is 494 g/mol. The predicted molar refractivity (Wildman–Crippen MR) is 133 cm³/mol. The lowest BCUT2D eigenvalue weighted by Crippen LogP contribution is -2.45. The number of benzene rings is 1. The molecule has 4 rings (SSSR count). The van der Waals surface area contributed by atoms with Crippen molar-refractivity contribution in [3.63, 3.8) is 0 Å². The smallest absolute Gasteiger partial charge is 0.264 e. The lowest BCUT2D eigenvalue weighted by atomic mass is 10.2. The quantitative estimate of drug-likeness (QED) is 0.201. The van der Waals surface area contributed by atoms with Crippen LogP contribution in [0.4, 0.5) is 11.6 Å². The van der Waals surface area contributed by atoms with Gasteiger partial charge in [0.15, 0.2) is 11.0 Å². The van der Waals surface area contributed by atoms with Gasteiger partial charge in [0, 0.05) is 37.9 Å². The average Bonchev–Trinajstić information content (AvgIpc) is 2.85. The Morgan fingerprint density at radius 3 is 2.74 bits per heavy atom. The second kappa shape index (κ2) is 11.1. The van der Waals surface area contributed by atoms with Crippen LogP contribution in [0.15, 0.2) is 52.9 Å². The van der Waals surface area contributed by atoms with Gasteiger partial charge >= 0.3 is 0 Å². The molecular weight excluding hydrogens is 468 g/mol. The Bertz CT molecular complexity index is 1220. The summed E-state index contributed by atoms with van der Waals surface area (Å²) in [6, 6.07) is 8.54. The number of likely N-dealkylation sites (N-methyl/N-ethyl adjacent to an activating group) is 1. The SMILES string of the molecule is CN1CCN(c2ncc(Sc3nccc(NC(=O)CN)n3)nc2Oc2cccc(C(=N)N)c2)CC1. The van der Waals surface area contributed by atoms with Gasteiger partial charge in [0.2, 0.25) is 5.91 Å². The van der Waals surface area contributed by atoms with Crippen molar-refractivity contribution in [1.82, 2.24) is 24.8 Å². The minimum absolute atomic E-state index is 0.0520.